The van der Waals surface area contributed by atoms with Crippen molar-refractivity contribution in [3.63, 3.8) is 0 Å². The third kappa shape index (κ3) is 2.57. The van der Waals surface area contributed by atoms with E-state index >= 15 is 0 Å². The van der Waals surface area contributed by atoms with Crippen LogP contribution in [-0.2, 0) is 6.54 Å². The molecular weight excluding hydrogens is 318 g/mol. The van der Waals surface area contributed by atoms with Crippen LogP contribution < -0.4 is 14.8 Å². The van der Waals surface area contributed by atoms with E-state index in [0.29, 0.717) is 28.8 Å². The van der Waals surface area contributed by atoms with Crippen LogP contribution >= 0.6 is 11.6 Å². The number of hydrogen-bond acceptors (Lipinski definition) is 4. The minimum Gasteiger partial charge on any atom is -0.454 e. The molecule has 1 aliphatic rings. The molecule has 3 aromatic rings. The lowest BCUT2D eigenvalue weighted by atomic mass is 10.2. The molecule has 1 N–H and O–H groups in total. The lowest BCUT2D eigenvalue weighted by molar-refractivity contribution is 0.0950. The molecule has 0 bridgehead atoms. The summed E-state index contributed by atoms with van der Waals surface area (Å²) in [4.78, 5) is 16.6. The van der Waals surface area contributed by atoms with Crippen molar-refractivity contribution in [3.05, 3.63) is 59.0 Å². The van der Waals surface area contributed by atoms with Crippen LogP contribution in [0.3, 0.4) is 0 Å². The number of nitrogens with zero attached hydrogens (tertiary/aromatic N) is 2. The van der Waals surface area contributed by atoms with Crippen LogP contribution in [0.15, 0.2) is 42.6 Å². The smallest absolute Gasteiger partial charge is 0.251 e. The number of rotatable bonds is 3. The summed E-state index contributed by atoms with van der Waals surface area (Å²) in [6.07, 6.45) is 1.80. The molecule has 2 aromatic heterocycles. The molecule has 6 nitrogen and oxygen atoms in total. The predicted molar refractivity (Wildman–Crippen MR) is 83.9 cm³/mol. The Morgan fingerprint density at radius 2 is 2.13 bits per heavy atom. The van der Waals surface area contributed by atoms with Crippen molar-refractivity contribution in [1.82, 2.24) is 14.7 Å². The second-order valence-electron chi connectivity index (χ2n) is 5.06. The maximum atomic E-state index is 12.2. The average Bonchev–Trinajstić information content (AvgIpc) is 3.18. The lowest BCUT2D eigenvalue weighted by Crippen LogP contribution is -2.22. The number of imidazole rings is 1. The maximum absolute atomic E-state index is 12.2. The molecule has 0 saturated heterocycles. The molecule has 7 heteroatoms. The van der Waals surface area contributed by atoms with Crippen LogP contribution in [0.1, 0.15) is 16.1 Å². The molecule has 4 rings (SSSR count). The minimum atomic E-state index is -0.202. The fourth-order valence-corrected chi connectivity index (χ4v) is 2.63. The van der Waals surface area contributed by atoms with Crippen molar-refractivity contribution in [2.75, 3.05) is 6.79 Å². The second kappa shape index (κ2) is 5.48. The number of carbonyl (C=O) groups is 1. The van der Waals surface area contributed by atoms with E-state index in [1.807, 2.05) is 12.1 Å². The Kier molecular flexibility index (Phi) is 3.31. The predicted octanol–water partition coefficient (Wildman–Crippen LogP) is 2.65. The van der Waals surface area contributed by atoms with Gasteiger partial charge in [0, 0.05) is 11.8 Å². The second-order valence-corrected chi connectivity index (χ2v) is 5.45. The number of amides is 1. The summed E-state index contributed by atoms with van der Waals surface area (Å²) >= 11 is 6.09. The van der Waals surface area contributed by atoms with E-state index in [4.69, 9.17) is 21.1 Å². The first-order valence-corrected chi connectivity index (χ1v) is 7.39. The van der Waals surface area contributed by atoms with Gasteiger partial charge in [-0.25, -0.2) is 4.98 Å². The normalized spacial score (nSPS) is 12.6. The van der Waals surface area contributed by atoms with Crippen molar-refractivity contribution < 1.29 is 14.3 Å². The molecular formula is C16H12ClN3O3. The quantitative estimate of drug-likeness (QED) is 0.750. The Bertz CT molecular complexity index is 907. The summed E-state index contributed by atoms with van der Waals surface area (Å²) in [5.74, 6) is 1.03. The maximum Gasteiger partial charge on any atom is 0.251 e. The highest BCUT2D eigenvalue weighted by molar-refractivity contribution is 6.29. The SMILES string of the molecule is O=C(NCc1cn2c(Cl)cccc2n1)c1ccc2c(c1)OCO2. The first-order valence-electron chi connectivity index (χ1n) is 7.01. The fraction of sp³-hybridized carbons (Fsp3) is 0.125. The largest absolute Gasteiger partial charge is 0.454 e. The van der Waals surface area contributed by atoms with Crippen molar-refractivity contribution in [2.24, 2.45) is 0 Å². The molecule has 0 atom stereocenters. The fourth-order valence-electron chi connectivity index (χ4n) is 2.42. The molecule has 116 valence electrons. The van der Waals surface area contributed by atoms with Gasteiger partial charge in [0.1, 0.15) is 10.8 Å². The number of halogens is 1. The van der Waals surface area contributed by atoms with E-state index in [-0.39, 0.29) is 12.7 Å². The molecule has 0 aliphatic carbocycles. The molecule has 1 aliphatic heterocycles. The van der Waals surface area contributed by atoms with Crippen molar-refractivity contribution in [3.8, 4) is 11.5 Å². The number of aromatic nitrogens is 2. The molecule has 0 fully saturated rings. The molecule has 0 unspecified atom stereocenters. The van der Waals surface area contributed by atoms with E-state index < -0.39 is 0 Å². The zero-order chi connectivity index (χ0) is 15.8. The van der Waals surface area contributed by atoms with Crippen LogP contribution in [-0.4, -0.2) is 22.1 Å². The number of nitrogens with one attached hydrogen (secondary N) is 1. The van der Waals surface area contributed by atoms with E-state index in [2.05, 4.69) is 10.3 Å². The van der Waals surface area contributed by atoms with Crippen LogP contribution in [0.4, 0.5) is 0 Å². The summed E-state index contributed by atoms with van der Waals surface area (Å²) in [7, 11) is 0. The van der Waals surface area contributed by atoms with E-state index in [1.54, 1.807) is 34.9 Å². The standard InChI is InChI=1S/C16H12ClN3O3/c17-14-2-1-3-15-19-11(8-20(14)15)7-18-16(21)10-4-5-12-13(6-10)23-9-22-12/h1-6,8H,7,9H2,(H,18,21). The van der Waals surface area contributed by atoms with Gasteiger partial charge < -0.3 is 14.8 Å². The van der Waals surface area contributed by atoms with Gasteiger partial charge in [0.15, 0.2) is 11.5 Å². The Balaban J connectivity index is 1.49. The summed E-state index contributed by atoms with van der Waals surface area (Å²) in [5, 5.41) is 3.41. The zero-order valence-corrected chi connectivity index (χ0v) is 12.7. The Labute approximate surface area is 136 Å². The van der Waals surface area contributed by atoms with Gasteiger partial charge in [-0.05, 0) is 30.3 Å². The van der Waals surface area contributed by atoms with Crippen LogP contribution in [0.25, 0.3) is 5.65 Å². The highest BCUT2D eigenvalue weighted by Crippen LogP contribution is 2.32. The third-order valence-corrected chi connectivity index (χ3v) is 3.87. The van der Waals surface area contributed by atoms with Gasteiger partial charge in [-0.15, -0.1) is 0 Å². The molecule has 23 heavy (non-hydrogen) atoms. The van der Waals surface area contributed by atoms with Crippen LogP contribution in [0.5, 0.6) is 11.5 Å². The molecule has 3 heterocycles. The number of carbonyl (C=O) groups excluding carboxylic acids is 1. The Morgan fingerprint density at radius 3 is 3.00 bits per heavy atom. The number of ether oxygens (including phenoxy) is 2. The van der Waals surface area contributed by atoms with Crippen molar-refractivity contribution in [2.45, 2.75) is 6.54 Å². The van der Waals surface area contributed by atoms with E-state index in [0.717, 1.165) is 11.3 Å². The molecule has 0 radical (unpaired) electrons. The topological polar surface area (TPSA) is 64.9 Å². The van der Waals surface area contributed by atoms with Gasteiger partial charge in [-0.3, -0.25) is 9.20 Å². The highest BCUT2D eigenvalue weighted by Gasteiger charge is 2.16. The Hall–Kier alpha value is -2.73. The van der Waals surface area contributed by atoms with Crippen molar-refractivity contribution >= 4 is 23.2 Å². The first-order chi connectivity index (χ1) is 11.2. The first kappa shape index (κ1) is 13.9. The Morgan fingerprint density at radius 1 is 1.26 bits per heavy atom. The molecule has 1 aromatic carbocycles. The summed E-state index contributed by atoms with van der Waals surface area (Å²) in [6, 6.07) is 10.6. The highest BCUT2D eigenvalue weighted by atomic mass is 35.5. The van der Waals surface area contributed by atoms with Gasteiger partial charge in [0.2, 0.25) is 6.79 Å². The van der Waals surface area contributed by atoms with Gasteiger partial charge in [0.25, 0.3) is 5.91 Å². The van der Waals surface area contributed by atoms with Crippen LogP contribution in [0, 0.1) is 0 Å². The van der Waals surface area contributed by atoms with Gasteiger partial charge >= 0.3 is 0 Å². The molecule has 0 spiro atoms. The molecule has 0 saturated carbocycles. The third-order valence-electron chi connectivity index (χ3n) is 3.56. The number of benzene rings is 1. The summed E-state index contributed by atoms with van der Waals surface area (Å²) in [5.41, 5.74) is 1.98. The van der Waals surface area contributed by atoms with E-state index in [1.165, 1.54) is 0 Å². The number of hydrogen-bond donors (Lipinski definition) is 1. The number of pyridine rings is 1. The van der Waals surface area contributed by atoms with Crippen LogP contribution in [0.2, 0.25) is 5.15 Å². The van der Waals surface area contributed by atoms with Gasteiger partial charge in [-0.1, -0.05) is 17.7 Å². The summed E-state index contributed by atoms with van der Waals surface area (Å²) in [6.45, 7) is 0.494. The van der Waals surface area contributed by atoms with Crippen molar-refractivity contribution in [1.29, 1.82) is 0 Å². The van der Waals surface area contributed by atoms with Gasteiger partial charge in [0.05, 0.1) is 12.2 Å². The average molecular weight is 330 g/mol. The lowest BCUT2D eigenvalue weighted by Gasteiger charge is -2.04. The van der Waals surface area contributed by atoms with E-state index in [9.17, 15) is 4.79 Å². The minimum absolute atomic E-state index is 0.183. The monoisotopic (exact) mass is 329 g/mol. The van der Waals surface area contributed by atoms with Gasteiger partial charge in [-0.2, -0.15) is 0 Å². The zero-order valence-electron chi connectivity index (χ0n) is 12.0. The molecule has 1 amide bonds. The number of fused-ring (bicyclic) bond motifs is 2. The summed E-state index contributed by atoms with van der Waals surface area (Å²) < 4.78 is 12.3.